The number of hydrogen-bond donors (Lipinski definition) is 1. The minimum Gasteiger partial charge on any atom is -0.342 e. The molecular weight excluding hydrogens is 350 g/mol. The van der Waals surface area contributed by atoms with Crippen LogP contribution in [0.5, 0.6) is 0 Å². The van der Waals surface area contributed by atoms with Crippen LogP contribution in [0.4, 0.5) is 0 Å². The van der Waals surface area contributed by atoms with Crippen LogP contribution in [0.15, 0.2) is 40.9 Å². The molecule has 0 saturated heterocycles. The van der Waals surface area contributed by atoms with Crippen molar-refractivity contribution in [2.75, 3.05) is 13.6 Å². The Morgan fingerprint density at radius 2 is 2.29 bits per heavy atom. The van der Waals surface area contributed by atoms with E-state index in [0.29, 0.717) is 10.5 Å². The fourth-order valence-corrected chi connectivity index (χ4v) is 5.36. The zero-order chi connectivity index (χ0) is 16.9. The van der Waals surface area contributed by atoms with E-state index in [9.17, 15) is 13.2 Å². The monoisotopic (exact) mass is 363 g/mol. The molecule has 4 rings (SSSR count). The number of rotatable bonds is 2. The van der Waals surface area contributed by atoms with Gasteiger partial charge in [-0.3, -0.25) is 4.79 Å². The summed E-state index contributed by atoms with van der Waals surface area (Å²) in [6, 6.07) is 4.48. The van der Waals surface area contributed by atoms with E-state index in [4.69, 9.17) is 0 Å². The first-order chi connectivity index (χ1) is 11.5. The molecule has 3 aromatic heterocycles. The molecule has 1 amide bonds. The number of aromatic nitrogens is 3. The molecule has 0 aliphatic carbocycles. The zero-order valence-corrected chi connectivity index (χ0v) is 14.2. The quantitative estimate of drug-likeness (QED) is 0.730. The molecule has 0 saturated carbocycles. The molecule has 1 N–H and O–H groups in total. The Kier molecular flexibility index (Phi) is 3.41. The van der Waals surface area contributed by atoms with Gasteiger partial charge in [0.25, 0.3) is 5.91 Å². The van der Waals surface area contributed by atoms with Crippen LogP contribution in [0.2, 0.25) is 0 Å². The molecule has 4 heterocycles. The Bertz CT molecular complexity index is 1010. The highest BCUT2D eigenvalue weighted by atomic mass is 32.2. The molecule has 3 aromatic rings. The van der Waals surface area contributed by atoms with Crippen LogP contribution in [-0.4, -0.2) is 46.8 Å². The summed E-state index contributed by atoms with van der Waals surface area (Å²) in [4.78, 5) is 17.5. The second-order valence-electron chi connectivity index (χ2n) is 5.41. The van der Waals surface area contributed by atoms with Crippen molar-refractivity contribution in [1.82, 2.24) is 24.2 Å². The van der Waals surface area contributed by atoms with Crippen LogP contribution in [0.1, 0.15) is 21.4 Å². The lowest BCUT2D eigenvalue weighted by atomic mass is 10.2. The van der Waals surface area contributed by atoms with E-state index >= 15 is 0 Å². The number of carbonyl (C=O) groups is 1. The van der Waals surface area contributed by atoms with Gasteiger partial charge < -0.3 is 5.32 Å². The standard InChI is InChI=1S/C14H13N5O3S2/c1-18-8-10(13-11(3-6-23-13)24(18,21)22)16-14(20)9-7-12-15-4-2-5-19(12)17-9/h2-7,10H,8H2,1H3,(H,16,20). The van der Waals surface area contributed by atoms with Crippen molar-refractivity contribution in [3.05, 3.63) is 46.5 Å². The van der Waals surface area contributed by atoms with E-state index in [1.165, 1.54) is 27.2 Å². The van der Waals surface area contributed by atoms with Gasteiger partial charge in [-0.1, -0.05) is 0 Å². The SMILES string of the molecule is CN1CC(NC(=O)c2cc3ncccn3n2)c2sccc2S1(=O)=O. The van der Waals surface area contributed by atoms with Gasteiger partial charge in [-0.2, -0.15) is 9.40 Å². The van der Waals surface area contributed by atoms with E-state index in [2.05, 4.69) is 15.4 Å². The molecule has 1 aliphatic rings. The molecule has 8 nitrogen and oxygen atoms in total. The molecule has 124 valence electrons. The van der Waals surface area contributed by atoms with Crippen LogP contribution < -0.4 is 5.32 Å². The first kappa shape index (κ1) is 15.2. The second-order valence-corrected chi connectivity index (χ2v) is 8.37. The molecule has 0 spiro atoms. The fourth-order valence-electron chi connectivity index (χ4n) is 2.67. The number of fused-ring (bicyclic) bond motifs is 2. The van der Waals surface area contributed by atoms with Gasteiger partial charge in [0, 0.05) is 36.9 Å². The Morgan fingerprint density at radius 3 is 3.08 bits per heavy atom. The molecule has 1 aliphatic heterocycles. The number of thiophene rings is 1. The number of likely N-dealkylation sites (N-methyl/N-ethyl adjacent to an activating group) is 1. The van der Waals surface area contributed by atoms with E-state index in [0.717, 1.165) is 0 Å². The predicted octanol–water partition coefficient (Wildman–Crippen LogP) is 0.896. The van der Waals surface area contributed by atoms with E-state index in [-0.39, 0.29) is 23.0 Å². The zero-order valence-electron chi connectivity index (χ0n) is 12.6. The Balaban J connectivity index is 1.65. The predicted molar refractivity (Wildman–Crippen MR) is 87.3 cm³/mol. The minimum atomic E-state index is -3.47. The summed E-state index contributed by atoms with van der Waals surface area (Å²) in [7, 11) is -1.96. The van der Waals surface area contributed by atoms with Crippen molar-refractivity contribution in [1.29, 1.82) is 0 Å². The number of amides is 1. The summed E-state index contributed by atoms with van der Waals surface area (Å²) in [6.45, 7) is 0.188. The second kappa shape index (κ2) is 5.36. The lowest BCUT2D eigenvalue weighted by Gasteiger charge is -2.29. The molecule has 1 unspecified atom stereocenters. The van der Waals surface area contributed by atoms with Crippen molar-refractivity contribution in [2.24, 2.45) is 0 Å². The molecule has 0 radical (unpaired) electrons. The largest absolute Gasteiger partial charge is 0.342 e. The summed E-state index contributed by atoms with van der Waals surface area (Å²) in [6.07, 6.45) is 3.33. The van der Waals surface area contributed by atoms with Gasteiger partial charge in [0.1, 0.15) is 0 Å². The summed E-state index contributed by atoms with van der Waals surface area (Å²) >= 11 is 1.32. The van der Waals surface area contributed by atoms with Gasteiger partial charge >= 0.3 is 0 Å². The number of sulfonamides is 1. The molecule has 0 aromatic carbocycles. The molecule has 0 bridgehead atoms. The number of carbonyl (C=O) groups excluding carboxylic acids is 1. The van der Waals surface area contributed by atoms with Gasteiger partial charge in [-0.15, -0.1) is 11.3 Å². The number of nitrogens with one attached hydrogen (secondary N) is 1. The molecular formula is C14H13N5O3S2. The summed E-state index contributed by atoms with van der Waals surface area (Å²) in [5.41, 5.74) is 0.811. The van der Waals surface area contributed by atoms with Gasteiger partial charge in [-0.05, 0) is 17.5 Å². The minimum absolute atomic E-state index is 0.188. The third kappa shape index (κ3) is 2.30. The average molecular weight is 363 g/mol. The Hall–Kier alpha value is -2.30. The number of hydrogen-bond acceptors (Lipinski definition) is 6. The molecule has 1 atom stereocenters. The van der Waals surface area contributed by atoms with Gasteiger partial charge in [-0.25, -0.2) is 17.9 Å². The normalized spacial score (nSPS) is 20.0. The van der Waals surface area contributed by atoms with Crippen molar-refractivity contribution in [3.8, 4) is 0 Å². The lowest BCUT2D eigenvalue weighted by molar-refractivity contribution is 0.0926. The van der Waals surface area contributed by atoms with E-state index in [1.54, 1.807) is 36.0 Å². The van der Waals surface area contributed by atoms with Crippen LogP contribution in [-0.2, 0) is 10.0 Å². The lowest BCUT2D eigenvalue weighted by Crippen LogP contribution is -2.42. The molecule has 0 fully saturated rings. The maximum absolute atomic E-state index is 12.5. The highest BCUT2D eigenvalue weighted by Gasteiger charge is 2.36. The van der Waals surface area contributed by atoms with Crippen LogP contribution in [0.3, 0.4) is 0 Å². The van der Waals surface area contributed by atoms with Crippen LogP contribution in [0, 0.1) is 0 Å². The van der Waals surface area contributed by atoms with Crippen molar-refractivity contribution < 1.29 is 13.2 Å². The van der Waals surface area contributed by atoms with Crippen molar-refractivity contribution in [2.45, 2.75) is 10.9 Å². The van der Waals surface area contributed by atoms with Crippen molar-refractivity contribution >= 4 is 32.9 Å². The Labute approximate surface area is 141 Å². The Morgan fingerprint density at radius 1 is 1.46 bits per heavy atom. The summed E-state index contributed by atoms with van der Waals surface area (Å²) in [5, 5.41) is 8.77. The van der Waals surface area contributed by atoms with Gasteiger partial charge in [0.05, 0.1) is 10.9 Å². The third-order valence-electron chi connectivity index (χ3n) is 3.88. The molecule has 10 heteroatoms. The van der Waals surface area contributed by atoms with E-state index < -0.39 is 16.1 Å². The third-order valence-corrected chi connectivity index (χ3v) is 6.92. The van der Waals surface area contributed by atoms with E-state index in [1.807, 2.05) is 0 Å². The highest BCUT2D eigenvalue weighted by molar-refractivity contribution is 7.89. The number of nitrogens with zero attached hydrogens (tertiary/aromatic N) is 4. The van der Waals surface area contributed by atoms with Gasteiger partial charge in [0.2, 0.25) is 10.0 Å². The summed E-state index contributed by atoms with van der Waals surface area (Å²) < 4.78 is 27.3. The maximum Gasteiger partial charge on any atom is 0.272 e. The van der Waals surface area contributed by atoms with Crippen molar-refractivity contribution in [3.63, 3.8) is 0 Å². The highest BCUT2D eigenvalue weighted by Crippen LogP contribution is 2.35. The fraction of sp³-hybridized carbons (Fsp3) is 0.214. The smallest absolute Gasteiger partial charge is 0.272 e. The first-order valence-electron chi connectivity index (χ1n) is 7.12. The summed E-state index contributed by atoms with van der Waals surface area (Å²) in [5.74, 6) is -0.363. The van der Waals surface area contributed by atoms with Gasteiger partial charge in [0.15, 0.2) is 11.3 Å². The first-order valence-corrected chi connectivity index (χ1v) is 9.44. The average Bonchev–Trinajstić information content (AvgIpc) is 3.20. The maximum atomic E-state index is 12.5. The van der Waals surface area contributed by atoms with Crippen LogP contribution in [0.25, 0.3) is 5.65 Å². The molecule has 24 heavy (non-hydrogen) atoms. The van der Waals surface area contributed by atoms with Crippen LogP contribution >= 0.6 is 11.3 Å². The topological polar surface area (TPSA) is 96.7 Å².